The molecule has 0 aromatic heterocycles. The molecule has 9 aromatic carbocycles. The molecule has 0 radical (unpaired) electrons. The third kappa shape index (κ3) is 4.76. The van der Waals surface area contributed by atoms with Crippen LogP contribution in [0.15, 0.2) is 182 Å². The van der Waals surface area contributed by atoms with Crippen molar-refractivity contribution in [3.8, 4) is 11.1 Å². The van der Waals surface area contributed by atoms with Gasteiger partial charge in [0.05, 0.1) is 6.04 Å². The van der Waals surface area contributed by atoms with Crippen LogP contribution in [-0.4, -0.2) is 0 Å². The highest BCUT2D eigenvalue weighted by Crippen LogP contribution is 2.41. The van der Waals surface area contributed by atoms with Crippen molar-refractivity contribution in [1.82, 2.24) is 10.6 Å². The molecule has 1 heterocycles. The Hall–Kier alpha value is -6.22. The molecule has 0 fully saturated rings. The maximum Gasteiger partial charge on any atom is 0.105 e. The van der Waals surface area contributed by atoms with Crippen molar-refractivity contribution >= 4 is 59.6 Å². The summed E-state index contributed by atoms with van der Waals surface area (Å²) in [4.78, 5) is 0. The van der Waals surface area contributed by atoms with Crippen molar-refractivity contribution in [3.63, 3.8) is 0 Å². The summed E-state index contributed by atoms with van der Waals surface area (Å²) in [7, 11) is 0. The summed E-state index contributed by atoms with van der Waals surface area (Å²) >= 11 is 0. The first-order valence-electron chi connectivity index (χ1n) is 17.4. The summed E-state index contributed by atoms with van der Waals surface area (Å²) in [5, 5.41) is 20.7. The van der Waals surface area contributed by atoms with Gasteiger partial charge in [0.2, 0.25) is 0 Å². The average Bonchev–Trinajstić information content (AvgIpc) is 3.20. The average molecular weight is 639 g/mol. The molecule has 0 bridgehead atoms. The SMILES string of the molecule is C1=C(c2cccc3ccc4ccccc4c23)NC(c2c3ccccc3cc3c2ccc2ccccc23)NC1c1ccc(-c2ccccc2)cc1. The Labute approximate surface area is 291 Å². The van der Waals surface area contributed by atoms with E-state index >= 15 is 0 Å². The van der Waals surface area contributed by atoms with Crippen LogP contribution in [0.4, 0.5) is 0 Å². The van der Waals surface area contributed by atoms with Crippen LogP contribution in [-0.2, 0) is 0 Å². The molecule has 2 atom stereocenters. The van der Waals surface area contributed by atoms with Gasteiger partial charge < -0.3 is 5.32 Å². The van der Waals surface area contributed by atoms with E-state index in [1.807, 2.05) is 0 Å². The summed E-state index contributed by atoms with van der Waals surface area (Å²) in [6.45, 7) is 0. The topological polar surface area (TPSA) is 24.1 Å². The van der Waals surface area contributed by atoms with Gasteiger partial charge in [0.25, 0.3) is 0 Å². The van der Waals surface area contributed by atoms with E-state index in [1.165, 1.54) is 81.7 Å². The van der Waals surface area contributed by atoms with Gasteiger partial charge >= 0.3 is 0 Å². The zero-order chi connectivity index (χ0) is 33.0. The third-order valence-electron chi connectivity index (χ3n) is 10.5. The molecule has 10 rings (SSSR count). The zero-order valence-corrected chi connectivity index (χ0v) is 27.5. The Balaban J connectivity index is 1.20. The molecule has 2 nitrogen and oxygen atoms in total. The highest BCUT2D eigenvalue weighted by molar-refractivity contribution is 6.15. The van der Waals surface area contributed by atoms with E-state index in [0.717, 1.165) is 5.70 Å². The fraction of sp³-hybridized carbons (Fsp3) is 0.0417. The van der Waals surface area contributed by atoms with Gasteiger partial charge in [-0.3, -0.25) is 5.32 Å². The molecular weight excluding hydrogens is 605 g/mol. The van der Waals surface area contributed by atoms with Crippen LogP contribution in [0.25, 0.3) is 70.7 Å². The first-order valence-corrected chi connectivity index (χ1v) is 17.4. The van der Waals surface area contributed by atoms with Crippen molar-refractivity contribution in [1.29, 1.82) is 0 Å². The second kappa shape index (κ2) is 11.7. The van der Waals surface area contributed by atoms with Crippen LogP contribution in [0.3, 0.4) is 0 Å². The largest absolute Gasteiger partial charge is 0.366 e. The first kappa shape index (κ1) is 28.8. The lowest BCUT2D eigenvalue weighted by molar-refractivity contribution is 0.447. The predicted molar refractivity (Wildman–Crippen MR) is 212 cm³/mol. The summed E-state index contributed by atoms with van der Waals surface area (Å²) in [5.74, 6) is 0. The van der Waals surface area contributed by atoms with E-state index in [0.29, 0.717) is 0 Å². The van der Waals surface area contributed by atoms with Crippen LogP contribution in [0.2, 0.25) is 0 Å². The Morgan fingerprint density at radius 2 is 1.02 bits per heavy atom. The van der Waals surface area contributed by atoms with E-state index in [2.05, 4.69) is 193 Å². The summed E-state index contributed by atoms with van der Waals surface area (Å²) in [6.07, 6.45) is 2.22. The van der Waals surface area contributed by atoms with E-state index in [9.17, 15) is 0 Å². The number of benzene rings is 9. The second-order valence-electron chi connectivity index (χ2n) is 13.4. The molecule has 2 N–H and O–H groups in total. The number of nitrogens with one attached hydrogen (secondary N) is 2. The molecule has 1 aliphatic heterocycles. The van der Waals surface area contributed by atoms with Crippen LogP contribution in [0.1, 0.15) is 28.9 Å². The molecular formula is C48H34N2. The lowest BCUT2D eigenvalue weighted by atomic mass is 9.89. The highest BCUT2D eigenvalue weighted by Gasteiger charge is 2.28. The van der Waals surface area contributed by atoms with Crippen LogP contribution in [0, 0.1) is 0 Å². The Morgan fingerprint density at radius 1 is 0.400 bits per heavy atom. The van der Waals surface area contributed by atoms with Gasteiger partial charge in [-0.15, -0.1) is 0 Å². The van der Waals surface area contributed by atoms with Gasteiger partial charge in [0.15, 0.2) is 0 Å². The smallest absolute Gasteiger partial charge is 0.105 e. The van der Waals surface area contributed by atoms with Crippen molar-refractivity contribution in [2.75, 3.05) is 0 Å². The number of hydrogen-bond donors (Lipinski definition) is 2. The Bertz CT molecular complexity index is 2760. The van der Waals surface area contributed by atoms with Crippen molar-refractivity contribution in [3.05, 3.63) is 199 Å². The molecule has 2 unspecified atom stereocenters. The number of fused-ring (bicyclic) bond motifs is 7. The van der Waals surface area contributed by atoms with Crippen LogP contribution >= 0.6 is 0 Å². The van der Waals surface area contributed by atoms with Crippen molar-refractivity contribution in [2.45, 2.75) is 12.2 Å². The molecule has 0 saturated carbocycles. The van der Waals surface area contributed by atoms with Crippen molar-refractivity contribution < 1.29 is 0 Å². The fourth-order valence-electron chi connectivity index (χ4n) is 8.12. The van der Waals surface area contributed by atoms with Gasteiger partial charge in [0, 0.05) is 16.8 Å². The summed E-state index contributed by atoms with van der Waals surface area (Å²) in [5.41, 5.74) is 7.29. The minimum absolute atomic E-state index is 0.0271. The maximum absolute atomic E-state index is 4.08. The fourth-order valence-corrected chi connectivity index (χ4v) is 8.12. The predicted octanol–water partition coefficient (Wildman–Crippen LogP) is 12.1. The minimum atomic E-state index is -0.159. The lowest BCUT2D eigenvalue weighted by Crippen LogP contribution is -2.39. The Morgan fingerprint density at radius 3 is 1.84 bits per heavy atom. The van der Waals surface area contributed by atoms with Gasteiger partial charge in [-0.05, 0) is 82.7 Å². The van der Waals surface area contributed by atoms with Crippen molar-refractivity contribution in [2.24, 2.45) is 0 Å². The number of hydrogen-bond acceptors (Lipinski definition) is 2. The Kier molecular flexibility index (Phi) is 6.75. The monoisotopic (exact) mass is 638 g/mol. The zero-order valence-electron chi connectivity index (χ0n) is 27.5. The van der Waals surface area contributed by atoms with E-state index < -0.39 is 0 Å². The molecule has 0 amide bonds. The number of rotatable bonds is 4. The summed E-state index contributed by atoms with van der Waals surface area (Å²) in [6, 6.07) is 64.1. The molecule has 236 valence electrons. The molecule has 0 aliphatic carbocycles. The standard InChI is InChI=1S/C48H34N2/c1-2-11-31(12-3-1)32-21-24-35(25-22-32)44-30-45(42-20-10-16-36-26-23-34-14-5-8-18-39(34)46(36)42)50-48(49-44)47-40-19-9-6-15-37(40)29-43-38-17-7-4-13-33(38)27-28-41(43)47/h1-30,44,48-50H. The van der Waals surface area contributed by atoms with E-state index in [-0.39, 0.29) is 12.2 Å². The van der Waals surface area contributed by atoms with E-state index in [1.54, 1.807) is 0 Å². The van der Waals surface area contributed by atoms with Gasteiger partial charge in [0.1, 0.15) is 6.17 Å². The second-order valence-corrected chi connectivity index (χ2v) is 13.4. The molecule has 1 aliphatic rings. The molecule has 9 aromatic rings. The summed E-state index contributed by atoms with van der Waals surface area (Å²) < 4.78 is 0. The third-order valence-corrected chi connectivity index (χ3v) is 10.5. The van der Waals surface area contributed by atoms with Crippen LogP contribution in [0.5, 0.6) is 0 Å². The molecule has 2 heteroatoms. The molecule has 50 heavy (non-hydrogen) atoms. The maximum atomic E-state index is 4.08. The normalized spacial score (nSPS) is 16.2. The van der Waals surface area contributed by atoms with Gasteiger partial charge in [-0.25, -0.2) is 0 Å². The highest BCUT2D eigenvalue weighted by atomic mass is 15.2. The first-order chi connectivity index (χ1) is 24.8. The van der Waals surface area contributed by atoms with E-state index in [4.69, 9.17) is 0 Å². The van der Waals surface area contributed by atoms with Gasteiger partial charge in [-0.2, -0.15) is 0 Å². The lowest BCUT2D eigenvalue weighted by Gasteiger charge is -2.35. The molecule has 0 saturated heterocycles. The molecule has 0 spiro atoms. The quantitative estimate of drug-likeness (QED) is 0.148. The van der Waals surface area contributed by atoms with Gasteiger partial charge in [-0.1, -0.05) is 170 Å². The minimum Gasteiger partial charge on any atom is -0.366 e. The van der Waals surface area contributed by atoms with Crippen LogP contribution < -0.4 is 10.6 Å².